The summed E-state index contributed by atoms with van der Waals surface area (Å²) >= 11 is 0. The van der Waals surface area contributed by atoms with Crippen molar-refractivity contribution in [3.8, 4) is 0 Å². The number of anilines is 1. The SMILES string of the molecule is O=C(Nc1ccc(CNC(=O)C2CCCN2)cc1)c1ccncc1. The molecule has 0 aliphatic carbocycles. The quantitative estimate of drug-likeness (QED) is 0.782. The second kappa shape index (κ2) is 7.70. The maximum atomic E-state index is 12.1. The van der Waals surface area contributed by atoms with Gasteiger partial charge in [0.05, 0.1) is 6.04 Å². The molecule has 3 rings (SSSR count). The summed E-state index contributed by atoms with van der Waals surface area (Å²) < 4.78 is 0. The van der Waals surface area contributed by atoms with Crippen molar-refractivity contribution >= 4 is 17.5 Å². The van der Waals surface area contributed by atoms with Crippen molar-refractivity contribution in [2.75, 3.05) is 11.9 Å². The van der Waals surface area contributed by atoms with Gasteiger partial charge in [-0.15, -0.1) is 0 Å². The van der Waals surface area contributed by atoms with E-state index in [0.717, 1.165) is 24.9 Å². The van der Waals surface area contributed by atoms with Crippen molar-refractivity contribution in [3.05, 3.63) is 59.9 Å². The Morgan fingerprint density at radius 1 is 1.12 bits per heavy atom. The van der Waals surface area contributed by atoms with Crippen LogP contribution in [0.1, 0.15) is 28.8 Å². The standard InChI is InChI=1S/C18H20N4O2/c23-17(14-7-10-19-11-8-14)22-15-5-3-13(4-6-15)12-21-18(24)16-2-1-9-20-16/h3-8,10-11,16,20H,1-2,9,12H2,(H,21,24)(H,22,23). The first-order chi connectivity index (χ1) is 11.7. The lowest BCUT2D eigenvalue weighted by atomic mass is 10.1. The molecule has 0 radical (unpaired) electrons. The van der Waals surface area contributed by atoms with E-state index in [1.165, 1.54) is 0 Å². The normalized spacial score (nSPS) is 16.6. The van der Waals surface area contributed by atoms with Crippen LogP contribution >= 0.6 is 0 Å². The van der Waals surface area contributed by atoms with Crippen molar-refractivity contribution in [2.24, 2.45) is 0 Å². The molecular weight excluding hydrogens is 304 g/mol. The first-order valence-electron chi connectivity index (χ1n) is 8.04. The number of aromatic nitrogens is 1. The molecule has 1 fully saturated rings. The Hall–Kier alpha value is -2.73. The van der Waals surface area contributed by atoms with E-state index in [4.69, 9.17) is 0 Å². The van der Waals surface area contributed by atoms with E-state index < -0.39 is 0 Å². The van der Waals surface area contributed by atoms with Gasteiger partial charge in [-0.2, -0.15) is 0 Å². The average molecular weight is 324 g/mol. The molecule has 0 saturated carbocycles. The minimum absolute atomic E-state index is 0.0440. The summed E-state index contributed by atoms with van der Waals surface area (Å²) in [5.74, 6) is -0.131. The van der Waals surface area contributed by atoms with E-state index in [9.17, 15) is 9.59 Å². The third kappa shape index (κ3) is 4.17. The Morgan fingerprint density at radius 2 is 1.88 bits per heavy atom. The van der Waals surface area contributed by atoms with Crippen LogP contribution in [-0.4, -0.2) is 29.4 Å². The minimum atomic E-state index is -0.175. The summed E-state index contributed by atoms with van der Waals surface area (Å²) in [5, 5.41) is 8.94. The Bertz CT molecular complexity index is 695. The van der Waals surface area contributed by atoms with Crippen LogP contribution in [0.4, 0.5) is 5.69 Å². The molecule has 2 amide bonds. The second-order valence-electron chi connectivity index (χ2n) is 5.75. The van der Waals surface area contributed by atoms with Crippen LogP contribution in [0.15, 0.2) is 48.8 Å². The van der Waals surface area contributed by atoms with Gasteiger partial charge in [-0.05, 0) is 49.2 Å². The summed E-state index contributed by atoms with van der Waals surface area (Å²) in [6.07, 6.45) is 5.11. The summed E-state index contributed by atoms with van der Waals surface area (Å²) in [5.41, 5.74) is 2.26. The molecular formula is C18H20N4O2. The van der Waals surface area contributed by atoms with Crippen LogP contribution in [-0.2, 0) is 11.3 Å². The maximum absolute atomic E-state index is 12.1. The number of nitrogens with one attached hydrogen (secondary N) is 3. The topological polar surface area (TPSA) is 83.1 Å². The zero-order valence-electron chi connectivity index (χ0n) is 13.3. The molecule has 1 unspecified atom stereocenters. The van der Waals surface area contributed by atoms with Crippen molar-refractivity contribution in [2.45, 2.75) is 25.4 Å². The molecule has 6 heteroatoms. The Morgan fingerprint density at radius 3 is 2.54 bits per heavy atom. The van der Waals surface area contributed by atoms with Gasteiger partial charge in [0.25, 0.3) is 5.91 Å². The third-order valence-electron chi connectivity index (χ3n) is 4.00. The molecule has 1 aromatic heterocycles. The predicted molar refractivity (Wildman–Crippen MR) is 91.5 cm³/mol. The fourth-order valence-electron chi connectivity index (χ4n) is 2.63. The summed E-state index contributed by atoms with van der Waals surface area (Å²) in [6, 6.07) is 10.7. The average Bonchev–Trinajstić information content (AvgIpc) is 3.16. The molecule has 1 saturated heterocycles. The molecule has 1 aliphatic heterocycles. The molecule has 2 heterocycles. The van der Waals surface area contributed by atoms with Gasteiger partial charge in [0, 0.05) is 30.2 Å². The number of hydrogen-bond donors (Lipinski definition) is 3. The number of nitrogens with zero attached hydrogens (tertiary/aromatic N) is 1. The van der Waals surface area contributed by atoms with E-state index >= 15 is 0 Å². The zero-order valence-corrected chi connectivity index (χ0v) is 13.3. The minimum Gasteiger partial charge on any atom is -0.351 e. The number of benzene rings is 1. The van der Waals surface area contributed by atoms with E-state index in [-0.39, 0.29) is 17.9 Å². The Labute approximate surface area is 140 Å². The van der Waals surface area contributed by atoms with Crippen LogP contribution in [0.2, 0.25) is 0 Å². The number of carbonyl (C=O) groups is 2. The Kier molecular flexibility index (Phi) is 5.18. The van der Waals surface area contributed by atoms with Crippen molar-refractivity contribution in [3.63, 3.8) is 0 Å². The van der Waals surface area contributed by atoms with E-state index in [1.54, 1.807) is 24.5 Å². The highest BCUT2D eigenvalue weighted by Gasteiger charge is 2.21. The van der Waals surface area contributed by atoms with Gasteiger partial charge in [-0.3, -0.25) is 14.6 Å². The number of rotatable bonds is 5. The molecule has 1 aromatic carbocycles. The fraction of sp³-hybridized carbons (Fsp3) is 0.278. The number of pyridine rings is 1. The smallest absolute Gasteiger partial charge is 0.255 e. The maximum Gasteiger partial charge on any atom is 0.255 e. The molecule has 0 spiro atoms. The summed E-state index contributed by atoms with van der Waals surface area (Å²) in [6.45, 7) is 1.39. The lowest BCUT2D eigenvalue weighted by Crippen LogP contribution is -2.39. The molecule has 1 aliphatic rings. The monoisotopic (exact) mass is 324 g/mol. The lowest BCUT2D eigenvalue weighted by Gasteiger charge is -2.11. The van der Waals surface area contributed by atoms with Crippen LogP contribution in [0.25, 0.3) is 0 Å². The first kappa shape index (κ1) is 16.1. The Balaban J connectivity index is 1.51. The molecule has 6 nitrogen and oxygen atoms in total. The summed E-state index contributed by atoms with van der Waals surface area (Å²) in [7, 11) is 0. The van der Waals surface area contributed by atoms with Gasteiger partial charge in [-0.1, -0.05) is 12.1 Å². The van der Waals surface area contributed by atoms with Gasteiger partial charge in [0.15, 0.2) is 0 Å². The second-order valence-corrected chi connectivity index (χ2v) is 5.75. The van der Waals surface area contributed by atoms with E-state index in [0.29, 0.717) is 17.8 Å². The summed E-state index contributed by atoms with van der Waals surface area (Å²) in [4.78, 5) is 27.9. The lowest BCUT2D eigenvalue weighted by molar-refractivity contribution is -0.122. The molecule has 2 aromatic rings. The van der Waals surface area contributed by atoms with Crippen LogP contribution < -0.4 is 16.0 Å². The van der Waals surface area contributed by atoms with Crippen molar-refractivity contribution < 1.29 is 9.59 Å². The van der Waals surface area contributed by atoms with Gasteiger partial charge in [0.2, 0.25) is 5.91 Å². The predicted octanol–water partition coefficient (Wildman–Crippen LogP) is 1.70. The molecule has 1 atom stereocenters. The van der Waals surface area contributed by atoms with Gasteiger partial charge < -0.3 is 16.0 Å². The molecule has 24 heavy (non-hydrogen) atoms. The highest BCUT2D eigenvalue weighted by Crippen LogP contribution is 2.12. The first-order valence-corrected chi connectivity index (χ1v) is 8.04. The number of amides is 2. The van der Waals surface area contributed by atoms with Gasteiger partial charge in [0.1, 0.15) is 0 Å². The van der Waals surface area contributed by atoms with Gasteiger partial charge in [-0.25, -0.2) is 0 Å². The van der Waals surface area contributed by atoms with E-state index in [1.807, 2.05) is 24.3 Å². The van der Waals surface area contributed by atoms with Gasteiger partial charge >= 0.3 is 0 Å². The number of carbonyl (C=O) groups excluding carboxylic acids is 2. The largest absolute Gasteiger partial charge is 0.351 e. The zero-order chi connectivity index (χ0) is 16.8. The highest BCUT2D eigenvalue weighted by molar-refractivity contribution is 6.04. The fourth-order valence-corrected chi connectivity index (χ4v) is 2.63. The molecule has 124 valence electrons. The van der Waals surface area contributed by atoms with Crippen LogP contribution in [0, 0.1) is 0 Å². The van der Waals surface area contributed by atoms with Crippen molar-refractivity contribution in [1.29, 1.82) is 0 Å². The van der Waals surface area contributed by atoms with E-state index in [2.05, 4.69) is 20.9 Å². The molecule has 3 N–H and O–H groups in total. The van der Waals surface area contributed by atoms with Crippen molar-refractivity contribution in [1.82, 2.24) is 15.6 Å². The van der Waals surface area contributed by atoms with Crippen LogP contribution in [0.5, 0.6) is 0 Å². The third-order valence-corrected chi connectivity index (χ3v) is 4.00. The number of hydrogen-bond acceptors (Lipinski definition) is 4. The molecule has 0 bridgehead atoms. The van der Waals surface area contributed by atoms with Crippen LogP contribution in [0.3, 0.4) is 0 Å². The highest BCUT2D eigenvalue weighted by atomic mass is 16.2.